The molecule has 1 heterocycles. The van der Waals surface area contributed by atoms with Crippen LogP contribution in [0.4, 0.5) is 0 Å². The minimum atomic E-state index is 0.0937. The molecule has 0 unspecified atom stereocenters. The minimum Gasteiger partial charge on any atom is -0.198 e. The van der Waals surface area contributed by atoms with Gasteiger partial charge in [0.1, 0.15) is 12.2 Å². The Morgan fingerprint density at radius 1 is 1.88 bits per heavy atom. The van der Waals surface area contributed by atoms with E-state index in [0.717, 1.165) is 0 Å². The highest BCUT2D eigenvalue weighted by atomic mass is 16.3. The van der Waals surface area contributed by atoms with Gasteiger partial charge >= 0.3 is 0 Å². The van der Waals surface area contributed by atoms with E-state index in [4.69, 9.17) is 0 Å². The third-order valence-electron chi connectivity index (χ3n) is 0.691. The molecule has 42 valence electrons. The Bertz CT molecular complexity index is 158. The molecule has 1 rings (SSSR count). The highest BCUT2D eigenvalue weighted by Crippen LogP contribution is 1.88. The largest absolute Gasteiger partial charge is 0.198 e. The third kappa shape index (κ3) is 0.868. The second-order valence-electron chi connectivity index (χ2n) is 1.25. The normalized spacial score (nSPS) is 9.00. The van der Waals surface area contributed by atoms with Gasteiger partial charge in [0, 0.05) is 0 Å². The van der Waals surface area contributed by atoms with Crippen molar-refractivity contribution in [1.82, 2.24) is 15.4 Å². The Kier molecular flexibility index (Phi) is 1.32. The van der Waals surface area contributed by atoms with Crippen molar-refractivity contribution in [2.75, 3.05) is 0 Å². The van der Waals surface area contributed by atoms with Crippen LogP contribution in [0.1, 0.15) is 5.69 Å². The predicted octanol–water partition coefficient (Wildman–Crippen LogP) is 0.0711. The van der Waals surface area contributed by atoms with Crippen molar-refractivity contribution in [3.05, 3.63) is 16.8 Å². The van der Waals surface area contributed by atoms with Crippen molar-refractivity contribution in [3.63, 3.8) is 0 Å². The molecular formula is C3H4N4O. The van der Waals surface area contributed by atoms with Crippen molar-refractivity contribution in [2.24, 2.45) is 5.18 Å². The molecule has 5 nitrogen and oxygen atoms in total. The van der Waals surface area contributed by atoms with E-state index in [1.165, 1.54) is 6.20 Å². The summed E-state index contributed by atoms with van der Waals surface area (Å²) < 4.78 is 0. The first-order valence-corrected chi connectivity index (χ1v) is 2.07. The number of nitroso groups, excluding NO2 is 1. The second kappa shape index (κ2) is 2.15. The number of aromatic amines is 1. The van der Waals surface area contributed by atoms with Crippen LogP contribution in [0, 0.1) is 4.91 Å². The van der Waals surface area contributed by atoms with E-state index in [1.807, 2.05) is 0 Å². The maximum absolute atomic E-state index is 9.54. The molecule has 0 aliphatic carbocycles. The van der Waals surface area contributed by atoms with Gasteiger partial charge in [-0.2, -0.15) is 20.3 Å². The van der Waals surface area contributed by atoms with Gasteiger partial charge in [0.05, 0.1) is 6.20 Å². The zero-order valence-corrected chi connectivity index (χ0v) is 4.03. The van der Waals surface area contributed by atoms with Crippen LogP contribution in [0.25, 0.3) is 0 Å². The lowest BCUT2D eigenvalue weighted by atomic mass is 10.5. The molecule has 1 N–H and O–H groups in total. The molecule has 0 saturated heterocycles. The van der Waals surface area contributed by atoms with Crippen LogP contribution < -0.4 is 0 Å². The molecule has 0 atom stereocenters. The van der Waals surface area contributed by atoms with Gasteiger partial charge in [0.25, 0.3) is 0 Å². The summed E-state index contributed by atoms with van der Waals surface area (Å²) in [5.41, 5.74) is 0.569. The summed E-state index contributed by atoms with van der Waals surface area (Å²) in [5, 5.41) is 12.0. The van der Waals surface area contributed by atoms with Crippen molar-refractivity contribution < 1.29 is 0 Å². The molecule has 0 radical (unpaired) electrons. The standard InChI is InChI=1S/C3H4N4O/c8-5-2-3-1-4-7-6-3/h1H,2H2,(H,4,6,7). The van der Waals surface area contributed by atoms with Crippen LogP contribution in [0.5, 0.6) is 0 Å². The summed E-state index contributed by atoms with van der Waals surface area (Å²) >= 11 is 0. The maximum atomic E-state index is 9.54. The Labute approximate surface area is 45.1 Å². The first-order valence-electron chi connectivity index (χ1n) is 2.07. The number of H-pyrrole nitrogens is 1. The summed E-state index contributed by atoms with van der Waals surface area (Å²) in [5.74, 6) is 0. The molecule has 8 heavy (non-hydrogen) atoms. The lowest BCUT2D eigenvalue weighted by molar-refractivity contribution is 0.896. The highest BCUT2D eigenvalue weighted by molar-refractivity contribution is 4.88. The predicted molar refractivity (Wildman–Crippen MR) is 25.9 cm³/mol. The van der Waals surface area contributed by atoms with E-state index in [2.05, 4.69) is 20.6 Å². The molecule has 0 aliphatic heterocycles. The van der Waals surface area contributed by atoms with Gasteiger partial charge in [0.2, 0.25) is 0 Å². The van der Waals surface area contributed by atoms with Crippen LogP contribution in [0.3, 0.4) is 0 Å². The van der Waals surface area contributed by atoms with Gasteiger partial charge in [-0.3, -0.25) is 0 Å². The van der Waals surface area contributed by atoms with E-state index in [0.29, 0.717) is 5.69 Å². The molecular weight excluding hydrogens is 108 g/mol. The van der Waals surface area contributed by atoms with Crippen LogP contribution in [0.15, 0.2) is 11.4 Å². The number of nitrogens with zero attached hydrogens (tertiary/aromatic N) is 3. The molecule has 0 aromatic carbocycles. The lowest BCUT2D eigenvalue weighted by Crippen LogP contribution is -1.77. The van der Waals surface area contributed by atoms with Gasteiger partial charge in [-0.15, -0.1) is 0 Å². The van der Waals surface area contributed by atoms with Gasteiger partial charge in [-0.25, -0.2) is 0 Å². The SMILES string of the molecule is O=NCc1cn[nH]n1. The summed E-state index contributed by atoms with van der Waals surface area (Å²) in [6, 6.07) is 0. The monoisotopic (exact) mass is 112 g/mol. The molecule has 1 aromatic heterocycles. The van der Waals surface area contributed by atoms with Crippen molar-refractivity contribution in [3.8, 4) is 0 Å². The van der Waals surface area contributed by atoms with Gasteiger partial charge in [-0.1, -0.05) is 5.18 Å². The minimum absolute atomic E-state index is 0.0937. The van der Waals surface area contributed by atoms with Crippen LogP contribution >= 0.6 is 0 Å². The maximum Gasteiger partial charge on any atom is 0.127 e. The summed E-state index contributed by atoms with van der Waals surface area (Å²) in [4.78, 5) is 9.54. The fraction of sp³-hybridized carbons (Fsp3) is 0.333. The van der Waals surface area contributed by atoms with Gasteiger partial charge in [-0.05, 0) is 0 Å². The van der Waals surface area contributed by atoms with Crippen LogP contribution in [-0.2, 0) is 6.54 Å². The van der Waals surface area contributed by atoms with Crippen LogP contribution in [0.2, 0.25) is 0 Å². The summed E-state index contributed by atoms with van der Waals surface area (Å²) in [6.45, 7) is 0.0937. The first-order chi connectivity index (χ1) is 3.93. The Morgan fingerprint density at radius 2 is 2.75 bits per heavy atom. The van der Waals surface area contributed by atoms with Gasteiger partial charge in [0.15, 0.2) is 0 Å². The third-order valence-corrected chi connectivity index (χ3v) is 0.691. The fourth-order valence-electron chi connectivity index (χ4n) is 0.368. The number of hydrogen-bond donors (Lipinski definition) is 1. The van der Waals surface area contributed by atoms with Crippen molar-refractivity contribution in [2.45, 2.75) is 6.54 Å². The topological polar surface area (TPSA) is 71.0 Å². The summed E-state index contributed by atoms with van der Waals surface area (Å²) in [6.07, 6.45) is 1.46. The molecule has 0 aliphatic rings. The average molecular weight is 112 g/mol. The summed E-state index contributed by atoms with van der Waals surface area (Å²) in [7, 11) is 0. The number of nitrogens with one attached hydrogen (secondary N) is 1. The van der Waals surface area contributed by atoms with Crippen LogP contribution in [-0.4, -0.2) is 15.4 Å². The smallest absolute Gasteiger partial charge is 0.127 e. The Hall–Kier alpha value is -1.26. The average Bonchev–Trinajstić information content (AvgIpc) is 2.19. The van der Waals surface area contributed by atoms with E-state index < -0.39 is 0 Å². The highest BCUT2D eigenvalue weighted by Gasteiger charge is 1.90. The molecule has 0 bridgehead atoms. The van der Waals surface area contributed by atoms with Gasteiger partial charge < -0.3 is 0 Å². The van der Waals surface area contributed by atoms with E-state index >= 15 is 0 Å². The fourth-order valence-corrected chi connectivity index (χ4v) is 0.368. The van der Waals surface area contributed by atoms with E-state index in [1.54, 1.807) is 0 Å². The van der Waals surface area contributed by atoms with E-state index in [9.17, 15) is 4.91 Å². The second-order valence-corrected chi connectivity index (χ2v) is 1.25. The molecule has 0 spiro atoms. The molecule has 1 aromatic rings. The molecule has 0 fully saturated rings. The number of aromatic nitrogens is 3. The molecule has 0 amide bonds. The van der Waals surface area contributed by atoms with Crippen molar-refractivity contribution in [1.29, 1.82) is 0 Å². The Balaban J connectivity index is 2.62. The molecule has 5 heteroatoms. The first kappa shape index (κ1) is 4.89. The quantitative estimate of drug-likeness (QED) is 0.550. The zero-order chi connectivity index (χ0) is 5.82. The van der Waals surface area contributed by atoms with Crippen molar-refractivity contribution >= 4 is 0 Å². The number of hydrogen-bond acceptors (Lipinski definition) is 4. The van der Waals surface area contributed by atoms with E-state index in [-0.39, 0.29) is 6.54 Å². The Morgan fingerprint density at radius 3 is 3.25 bits per heavy atom. The zero-order valence-electron chi connectivity index (χ0n) is 4.03. The lowest BCUT2D eigenvalue weighted by Gasteiger charge is -1.74. The molecule has 0 saturated carbocycles. The number of rotatable bonds is 2.